The highest BCUT2D eigenvalue weighted by atomic mass is 19.1. The summed E-state index contributed by atoms with van der Waals surface area (Å²) in [6.07, 6.45) is 0.0703. The molecule has 2 rings (SSSR count). The first kappa shape index (κ1) is 13.6. The normalized spacial score (nSPS) is 12.2. The number of para-hydroxylation sites is 1. The number of ether oxygens (including phenoxy) is 1. The van der Waals surface area contributed by atoms with Gasteiger partial charge in [0.15, 0.2) is 0 Å². The molecule has 1 N–H and O–H groups in total. The molecule has 0 saturated carbocycles. The Morgan fingerprint density at radius 1 is 1.16 bits per heavy atom. The van der Waals surface area contributed by atoms with E-state index in [1.54, 1.807) is 13.0 Å². The van der Waals surface area contributed by atoms with Crippen LogP contribution in [0.25, 0.3) is 0 Å². The molecule has 2 aromatic carbocycles. The summed E-state index contributed by atoms with van der Waals surface area (Å²) in [5.41, 5.74) is 1.52. The quantitative estimate of drug-likeness (QED) is 0.891. The lowest BCUT2D eigenvalue weighted by atomic mass is 10.1. The molecule has 0 aliphatic rings. The van der Waals surface area contributed by atoms with E-state index in [-0.39, 0.29) is 5.82 Å². The van der Waals surface area contributed by atoms with Gasteiger partial charge in [-0.25, -0.2) is 4.39 Å². The second kappa shape index (κ2) is 5.85. The van der Waals surface area contributed by atoms with E-state index in [1.165, 1.54) is 12.1 Å². The second-order valence-corrected chi connectivity index (χ2v) is 4.42. The summed E-state index contributed by atoms with van der Waals surface area (Å²) in [6.45, 7) is 3.63. The molecule has 3 heteroatoms. The van der Waals surface area contributed by atoms with Gasteiger partial charge in [0.05, 0.1) is 6.10 Å². The molecular formula is C16H17FO2. The van der Waals surface area contributed by atoms with Crippen molar-refractivity contribution in [2.24, 2.45) is 0 Å². The Morgan fingerprint density at radius 3 is 2.58 bits per heavy atom. The van der Waals surface area contributed by atoms with E-state index in [0.29, 0.717) is 11.3 Å². The van der Waals surface area contributed by atoms with Crippen LogP contribution in [-0.4, -0.2) is 5.11 Å². The van der Waals surface area contributed by atoms with Gasteiger partial charge in [0.25, 0.3) is 0 Å². The van der Waals surface area contributed by atoms with Gasteiger partial charge in [-0.3, -0.25) is 0 Å². The number of rotatable bonds is 4. The Kier molecular flexibility index (Phi) is 4.17. The molecule has 19 heavy (non-hydrogen) atoms. The molecule has 2 aromatic rings. The van der Waals surface area contributed by atoms with E-state index in [2.05, 4.69) is 0 Å². The van der Waals surface area contributed by atoms with Gasteiger partial charge in [-0.2, -0.15) is 0 Å². The first-order chi connectivity index (χ1) is 9.11. The summed E-state index contributed by atoms with van der Waals surface area (Å²) in [7, 11) is 0. The highest BCUT2D eigenvalue weighted by molar-refractivity contribution is 5.42. The average molecular weight is 260 g/mol. The highest BCUT2D eigenvalue weighted by Crippen LogP contribution is 2.32. The van der Waals surface area contributed by atoms with E-state index < -0.39 is 6.10 Å². The standard InChI is InChI=1S/C16H17FO2/c1-3-12-6-4-5-7-15(12)19-16-9-8-13(17)10-14(16)11(2)18/h4-11,18H,3H2,1-2H3/t11-/m0/s1. The third-order valence-corrected chi connectivity index (χ3v) is 3.00. The van der Waals surface area contributed by atoms with Crippen molar-refractivity contribution in [2.75, 3.05) is 0 Å². The van der Waals surface area contributed by atoms with Gasteiger partial charge in [0, 0.05) is 5.56 Å². The van der Waals surface area contributed by atoms with Crippen LogP contribution in [0.2, 0.25) is 0 Å². The Labute approximate surface area is 112 Å². The maximum Gasteiger partial charge on any atom is 0.133 e. The number of halogens is 1. The topological polar surface area (TPSA) is 29.5 Å². The van der Waals surface area contributed by atoms with Crippen LogP contribution in [0.5, 0.6) is 11.5 Å². The van der Waals surface area contributed by atoms with Gasteiger partial charge in [-0.05, 0) is 43.2 Å². The van der Waals surface area contributed by atoms with Crippen molar-refractivity contribution in [1.82, 2.24) is 0 Å². The molecule has 1 atom stereocenters. The first-order valence-corrected chi connectivity index (χ1v) is 6.35. The van der Waals surface area contributed by atoms with Crippen molar-refractivity contribution in [3.05, 3.63) is 59.4 Å². The number of aliphatic hydroxyl groups is 1. The first-order valence-electron chi connectivity index (χ1n) is 6.35. The summed E-state index contributed by atoms with van der Waals surface area (Å²) < 4.78 is 19.0. The monoisotopic (exact) mass is 260 g/mol. The summed E-state index contributed by atoms with van der Waals surface area (Å²) in [5.74, 6) is 0.836. The summed E-state index contributed by atoms with van der Waals surface area (Å²) >= 11 is 0. The SMILES string of the molecule is CCc1ccccc1Oc1ccc(F)cc1[C@H](C)O. The fraction of sp³-hybridized carbons (Fsp3) is 0.250. The van der Waals surface area contributed by atoms with Crippen molar-refractivity contribution < 1.29 is 14.2 Å². The van der Waals surface area contributed by atoms with Gasteiger partial charge in [0.1, 0.15) is 17.3 Å². The zero-order valence-corrected chi connectivity index (χ0v) is 11.1. The van der Waals surface area contributed by atoms with Crippen LogP contribution in [0, 0.1) is 5.82 Å². The molecule has 0 amide bonds. The number of aliphatic hydroxyl groups excluding tert-OH is 1. The predicted octanol–water partition coefficient (Wildman–Crippen LogP) is 4.23. The van der Waals surface area contributed by atoms with Crippen molar-refractivity contribution in [3.63, 3.8) is 0 Å². The van der Waals surface area contributed by atoms with E-state index in [9.17, 15) is 9.50 Å². The van der Waals surface area contributed by atoms with Gasteiger partial charge in [0.2, 0.25) is 0 Å². The Hall–Kier alpha value is -1.87. The fourth-order valence-electron chi connectivity index (χ4n) is 1.95. The van der Waals surface area contributed by atoms with Gasteiger partial charge in [-0.15, -0.1) is 0 Å². The molecule has 0 aliphatic heterocycles. The minimum atomic E-state index is -0.778. The Balaban J connectivity index is 2.38. The smallest absolute Gasteiger partial charge is 0.133 e. The fourth-order valence-corrected chi connectivity index (χ4v) is 1.95. The molecule has 0 aliphatic carbocycles. The summed E-state index contributed by atoms with van der Waals surface area (Å²) in [5, 5.41) is 9.69. The third kappa shape index (κ3) is 3.12. The molecule has 0 spiro atoms. The van der Waals surface area contributed by atoms with E-state index >= 15 is 0 Å². The molecule has 0 heterocycles. The van der Waals surface area contributed by atoms with E-state index in [4.69, 9.17) is 4.74 Å². The molecule has 0 unspecified atom stereocenters. The van der Waals surface area contributed by atoms with Crippen molar-refractivity contribution >= 4 is 0 Å². The maximum atomic E-state index is 13.2. The predicted molar refractivity (Wildman–Crippen MR) is 72.9 cm³/mol. The van der Waals surface area contributed by atoms with Crippen LogP contribution in [0.3, 0.4) is 0 Å². The Bertz CT molecular complexity index is 564. The second-order valence-electron chi connectivity index (χ2n) is 4.42. The largest absolute Gasteiger partial charge is 0.457 e. The van der Waals surface area contributed by atoms with Gasteiger partial charge in [-0.1, -0.05) is 25.1 Å². The zero-order chi connectivity index (χ0) is 13.8. The molecule has 0 saturated heterocycles. The molecule has 0 fully saturated rings. The average Bonchev–Trinajstić information content (AvgIpc) is 2.41. The third-order valence-electron chi connectivity index (χ3n) is 3.00. The lowest BCUT2D eigenvalue weighted by Crippen LogP contribution is -1.98. The van der Waals surface area contributed by atoms with Crippen LogP contribution in [0.15, 0.2) is 42.5 Å². The van der Waals surface area contributed by atoms with Crippen LogP contribution >= 0.6 is 0 Å². The van der Waals surface area contributed by atoms with Crippen molar-refractivity contribution in [3.8, 4) is 11.5 Å². The molecule has 0 radical (unpaired) electrons. The zero-order valence-electron chi connectivity index (χ0n) is 11.1. The Morgan fingerprint density at radius 2 is 1.89 bits per heavy atom. The highest BCUT2D eigenvalue weighted by Gasteiger charge is 2.12. The summed E-state index contributed by atoms with van der Waals surface area (Å²) in [4.78, 5) is 0. The van der Waals surface area contributed by atoms with Crippen LogP contribution in [0.1, 0.15) is 31.1 Å². The lowest BCUT2D eigenvalue weighted by Gasteiger charge is -2.15. The molecule has 0 aromatic heterocycles. The maximum absolute atomic E-state index is 13.2. The van der Waals surface area contributed by atoms with Gasteiger partial charge >= 0.3 is 0 Å². The molecular weight excluding hydrogens is 243 g/mol. The van der Waals surface area contributed by atoms with E-state index in [0.717, 1.165) is 17.7 Å². The summed E-state index contributed by atoms with van der Waals surface area (Å²) in [6, 6.07) is 11.9. The van der Waals surface area contributed by atoms with Crippen LogP contribution < -0.4 is 4.74 Å². The lowest BCUT2D eigenvalue weighted by molar-refractivity contribution is 0.195. The molecule has 0 bridgehead atoms. The van der Waals surface area contributed by atoms with Crippen molar-refractivity contribution in [2.45, 2.75) is 26.4 Å². The van der Waals surface area contributed by atoms with Crippen molar-refractivity contribution in [1.29, 1.82) is 0 Å². The number of hydrogen-bond acceptors (Lipinski definition) is 2. The number of hydrogen-bond donors (Lipinski definition) is 1. The number of benzene rings is 2. The molecule has 100 valence electrons. The molecule has 2 nitrogen and oxygen atoms in total. The minimum absolute atomic E-state index is 0.382. The van der Waals surface area contributed by atoms with Gasteiger partial charge < -0.3 is 9.84 Å². The van der Waals surface area contributed by atoms with Crippen LogP contribution in [0.4, 0.5) is 4.39 Å². The van der Waals surface area contributed by atoms with E-state index in [1.807, 2.05) is 31.2 Å². The minimum Gasteiger partial charge on any atom is -0.457 e. The van der Waals surface area contributed by atoms with Crippen LogP contribution in [-0.2, 0) is 6.42 Å². The number of aryl methyl sites for hydroxylation is 1.